The number of aryl methyl sites for hydroxylation is 1. The summed E-state index contributed by atoms with van der Waals surface area (Å²) in [6.45, 7) is 3.94. The van der Waals surface area contributed by atoms with Gasteiger partial charge in [-0.15, -0.1) is 0 Å². The first-order chi connectivity index (χ1) is 9.29. The fourth-order valence-electron chi connectivity index (χ4n) is 1.96. The average Bonchev–Trinajstić information content (AvgIpc) is 2.91. The van der Waals surface area contributed by atoms with Crippen LogP contribution in [0.1, 0.15) is 31.1 Å². The van der Waals surface area contributed by atoms with E-state index in [4.69, 9.17) is 0 Å². The van der Waals surface area contributed by atoms with Crippen molar-refractivity contribution in [3.05, 3.63) is 29.7 Å². The van der Waals surface area contributed by atoms with Gasteiger partial charge in [0.1, 0.15) is 5.82 Å². The Balaban J connectivity index is 2.17. The highest BCUT2D eigenvalue weighted by molar-refractivity contribution is 5.36. The molecular weight excluding hydrogens is 271 g/mol. The smallest absolute Gasteiger partial charge is 0.366 e. The minimum absolute atomic E-state index is 0.0428. The molecule has 20 heavy (non-hydrogen) atoms. The Morgan fingerprint density at radius 3 is 2.65 bits per heavy atom. The third-order valence-electron chi connectivity index (χ3n) is 2.79. The van der Waals surface area contributed by atoms with E-state index in [0.29, 0.717) is 5.82 Å². The molecule has 0 aromatic carbocycles. The maximum absolute atomic E-state index is 12.8. The molecule has 110 valence electrons. The molecule has 0 bridgehead atoms. The Hall–Kier alpha value is -1.99. The van der Waals surface area contributed by atoms with Crippen molar-refractivity contribution < 1.29 is 13.2 Å². The lowest BCUT2D eigenvalue weighted by Crippen LogP contribution is -2.13. The van der Waals surface area contributed by atoms with Crippen molar-refractivity contribution in [1.29, 1.82) is 0 Å². The zero-order chi connectivity index (χ0) is 14.9. The summed E-state index contributed by atoms with van der Waals surface area (Å²) in [5.41, 5.74) is -0.750. The highest BCUT2D eigenvalue weighted by Crippen LogP contribution is 2.30. The van der Waals surface area contributed by atoms with Crippen molar-refractivity contribution in [2.75, 3.05) is 5.32 Å². The molecule has 8 heteroatoms. The summed E-state index contributed by atoms with van der Waals surface area (Å²) < 4.78 is 41.3. The van der Waals surface area contributed by atoms with Gasteiger partial charge in [-0.1, -0.05) is 0 Å². The molecule has 0 saturated carbocycles. The molecule has 0 radical (unpaired) electrons. The van der Waals surface area contributed by atoms with Crippen LogP contribution < -0.4 is 5.32 Å². The molecule has 0 aliphatic heterocycles. The van der Waals surface area contributed by atoms with Crippen LogP contribution in [-0.2, 0) is 19.8 Å². The van der Waals surface area contributed by atoms with Gasteiger partial charge in [0, 0.05) is 37.5 Å². The van der Waals surface area contributed by atoms with Crippen LogP contribution in [0.15, 0.2) is 18.5 Å². The van der Waals surface area contributed by atoms with Crippen LogP contribution in [0.25, 0.3) is 0 Å². The SMILES string of the molecule is CC(C)n1nccc1NCc1cn(C)nc1C(F)(F)F. The van der Waals surface area contributed by atoms with Gasteiger partial charge in [-0.25, -0.2) is 4.68 Å². The number of alkyl halides is 3. The van der Waals surface area contributed by atoms with Crippen LogP contribution in [-0.4, -0.2) is 19.6 Å². The minimum Gasteiger partial charge on any atom is -0.366 e. The van der Waals surface area contributed by atoms with Crippen molar-refractivity contribution in [3.8, 4) is 0 Å². The Bertz CT molecular complexity index is 582. The van der Waals surface area contributed by atoms with Gasteiger partial charge in [-0.3, -0.25) is 4.68 Å². The van der Waals surface area contributed by atoms with Gasteiger partial charge < -0.3 is 5.32 Å². The summed E-state index contributed by atoms with van der Waals surface area (Å²) >= 11 is 0. The fourth-order valence-corrected chi connectivity index (χ4v) is 1.96. The van der Waals surface area contributed by atoms with E-state index in [1.165, 1.54) is 17.9 Å². The van der Waals surface area contributed by atoms with Crippen LogP contribution >= 0.6 is 0 Å². The average molecular weight is 287 g/mol. The summed E-state index contributed by atoms with van der Waals surface area (Å²) in [5, 5.41) is 10.5. The molecule has 0 aliphatic rings. The Kier molecular flexibility index (Phi) is 3.74. The molecule has 0 atom stereocenters. The lowest BCUT2D eigenvalue weighted by molar-refractivity contribution is -0.142. The number of aromatic nitrogens is 4. The second-order valence-electron chi connectivity index (χ2n) is 4.78. The van der Waals surface area contributed by atoms with E-state index in [2.05, 4.69) is 15.5 Å². The van der Waals surface area contributed by atoms with Crippen molar-refractivity contribution in [2.24, 2.45) is 7.05 Å². The van der Waals surface area contributed by atoms with E-state index in [0.717, 1.165) is 0 Å². The number of nitrogens with zero attached hydrogens (tertiary/aromatic N) is 4. The highest BCUT2D eigenvalue weighted by atomic mass is 19.4. The first-order valence-corrected chi connectivity index (χ1v) is 6.16. The summed E-state index contributed by atoms with van der Waals surface area (Å²) in [4.78, 5) is 0. The summed E-state index contributed by atoms with van der Waals surface area (Å²) in [7, 11) is 1.47. The topological polar surface area (TPSA) is 47.7 Å². The van der Waals surface area contributed by atoms with Gasteiger partial charge in [-0.2, -0.15) is 23.4 Å². The molecule has 2 heterocycles. The molecule has 0 amide bonds. The predicted molar refractivity (Wildman–Crippen MR) is 68.1 cm³/mol. The Labute approximate surface area is 114 Å². The second-order valence-corrected chi connectivity index (χ2v) is 4.78. The summed E-state index contributed by atoms with van der Waals surface area (Å²) in [6.07, 6.45) is -1.47. The quantitative estimate of drug-likeness (QED) is 0.940. The molecule has 0 spiro atoms. The third-order valence-corrected chi connectivity index (χ3v) is 2.79. The van der Waals surface area contributed by atoms with Crippen molar-refractivity contribution in [2.45, 2.75) is 32.6 Å². The molecule has 1 N–H and O–H groups in total. The molecule has 0 fully saturated rings. The number of rotatable bonds is 4. The Morgan fingerprint density at radius 1 is 1.35 bits per heavy atom. The molecule has 2 aromatic heterocycles. The van der Waals surface area contributed by atoms with Crippen LogP contribution in [0.3, 0.4) is 0 Å². The fraction of sp³-hybridized carbons (Fsp3) is 0.500. The van der Waals surface area contributed by atoms with Crippen LogP contribution in [0.5, 0.6) is 0 Å². The minimum atomic E-state index is -4.45. The van der Waals surface area contributed by atoms with E-state index in [1.54, 1.807) is 16.9 Å². The van der Waals surface area contributed by atoms with Gasteiger partial charge >= 0.3 is 6.18 Å². The molecule has 0 unspecified atom stereocenters. The second kappa shape index (κ2) is 5.18. The van der Waals surface area contributed by atoms with Gasteiger partial charge in [0.2, 0.25) is 0 Å². The van der Waals surface area contributed by atoms with E-state index < -0.39 is 11.9 Å². The highest BCUT2D eigenvalue weighted by Gasteiger charge is 2.36. The Morgan fingerprint density at radius 2 is 2.05 bits per heavy atom. The molecule has 2 rings (SSSR count). The predicted octanol–water partition coefficient (Wildman–Crippen LogP) is 2.83. The maximum atomic E-state index is 12.8. The molecule has 0 saturated heterocycles. The van der Waals surface area contributed by atoms with Crippen LogP contribution in [0.2, 0.25) is 0 Å². The van der Waals surface area contributed by atoms with E-state index >= 15 is 0 Å². The zero-order valence-corrected chi connectivity index (χ0v) is 11.4. The number of halogens is 3. The van der Waals surface area contributed by atoms with E-state index in [9.17, 15) is 13.2 Å². The first-order valence-electron chi connectivity index (χ1n) is 6.16. The molecule has 5 nitrogen and oxygen atoms in total. The normalized spacial score (nSPS) is 12.2. The first kappa shape index (κ1) is 14.4. The lowest BCUT2D eigenvalue weighted by Gasteiger charge is -2.13. The number of nitrogens with one attached hydrogen (secondary N) is 1. The van der Waals surface area contributed by atoms with E-state index in [1.807, 2.05) is 13.8 Å². The maximum Gasteiger partial charge on any atom is 0.435 e. The van der Waals surface area contributed by atoms with Crippen molar-refractivity contribution >= 4 is 5.82 Å². The molecule has 2 aromatic rings. The van der Waals surface area contributed by atoms with Crippen molar-refractivity contribution in [1.82, 2.24) is 19.6 Å². The standard InChI is InChI=1S/C12H16F3N5/c1-8(2)20-10(4-5-17-20)16-6-9-7-19(3)18-11(9)12(13,14)15/h4-5,7-8,16H,6H2,1-3H3. The largest absolute Gasteiger partial charge is 0.435 e. The van der Waals surface area contributed by atoms with Crippen LogP contribution in [0.4, 0.5) is 19.0 Å². The van der Waals surface area contributed by atoms with Gasteiger partial charge in [0.05, 0.1) is 6.20 Å². The van der Waals surface area contributed by atoms with Crippen molar-refractivity contribution in [3.63, 3.8) is 0 Å². The number of hydrogen-bond acceptors (Lipinski definition) is 3. The zero-order valence-electron chi connectivity index (χ0n) is 11.4. The molecule has 0 aliphatic carbocycles. The van der Waals surface area contributed by atoms with Crippen LogP contribution in [0, 0.1) is 0 Å². The summed E-state index contributed by atoms with van der Waals surface area (Å²) in [6, 6.07) is 1.85. The number of hydrogen-bond donors (Lipinski definition) is 1. The third kappa shape index (κ3) is 2.94. The monoisotopic (exact) mass is 287 g/mol. The van der Waals surface area contributed by atoms with Gasteiger partial charge in [0.15, 0.2) is 5.69 Å². The number of anilines is 1. The lowest BCUT2D eigenvalue weighted by atomic mass is 10.2. The van der Waals surface area contributed by atoms with E-state index in [-0.39, 0.29) is 18.2 Å². The van der Waals surface area contributed by atoms with Gasteiger partial charge in [-0.05, 0) is 13.8 Å². The molecular formula is C12H16F3N5. The summed E-state index contributed by atoms with van der Waals surface area (Å²) in [5.74, 6) is 0.678. The van der Waals surface area contributed by atoms with Gasteiger partial charge in [0.25, 0.3) is 0 Å².